The van der Waals surface area contributed by atoms with Gasteiger partial charge >= 0.3 is 0 Å². The summed E-state index contributed by atoms with van der Waals surface area (Å²) < 4.78 is 0. The first kappa shape index (κ1) is 11.6. The first-order chi connectivity index (χ1) is 8.22. The smallest absolute Gasteiger partial charge is 0.144 e. The Morgan fingerprint density at radius 2 is 2.18 bits per heavy atom. The summed E-state index contributed by atoms with van der Waals surface area (Å²) in [7, 11) is 0. The molecule has 0 atom stereocenters. The van der Waals surface area contributed by atoms with E-state index in [1.807, 2.05) is 13.0 Å². The zero-order chi connectivity index (χ0) is 12.3. The zero-order valence-electron chi connectivity index (χ0n) is 9.82. The molecule has 2 aromatic heterocycles. The third kappa shape index (κ3) is 2.45. The number of thiophene rings is 1. The van der Waals surface area contributed by atoms with Crippen LogP contribution in [0.4, 0.5) is 5.82 Å². The molecule has 0 aliphatic carbocycles. The normalized spacial score (nSPS) is 9.94. The molecule has 1 N–H and O–H groups in total. The molecule has 0 aliphatic heterocycles. The summed E-state index contributed by atoms with van der Waals surface area (Å²) in [5.41, 5.74) is 2.85. The molecule has 0 aromatic carbocycles. The van der Waals surface area contributed by atoms with Crippen molar-refractivity contribution in [2.45, 2.75) is 20.4 Å². The molecule has 4 heteroatoms. The Kier molecular flexibility index (Phi) is 3.40. The first-order valence-electron chi connectivity index (χ1n) is 5.35. The van der Waals surface area contributed by atoms with Gasteiger partial charge in [-0.05, 0) is 42.5 Å². The fourth-order valence-electron chi connectivity index (χ4n) is 1.58. The number of aryl methyl sites for hydroxylation is 2. The van der Waals surface area contributed by atoms with Gasteiger partial charge in [0.05, 0.1) is 12.1 Å². The van der Waals surface area contributed by atoms with Gasteiger partial charge in [0.15, 0.2) is 0 Å². The van der Waals surface area contributed by atoms with Crippen LogP contribution < -0.4 is 5.32 Å². The SMILES string of the molecule is Cc1ccsc1CNc1nccc(C)c1C#N. The van der Waals surface area contributed by atoms with Gasteiger partial charge in [-0.15, -0.1) is 11.3 Å². The Bertz CT molecular complexity index is 566. The van der Waals surface area contributed by atoms with E-state index in [4.69, 9.17) is 5.26 Å². The van der Waals surface area contributed by atoms with Gasteiger partial charge in [0.2, 0.25) is 0 Å². The summed E-state index contributed by atoms with van der Waals surface area (Å²) in [5, 5.41) is 14.4. The monoisotopic (exact) mass is 243 g/mol. The fraction of sp³-hybridized carbons (Fsp3) is 0.231. The predicted molar refractivity (Wildman–Crippen MR) is 70.1 cm³/mol. The van der Waals surface area contributed by atoms with Crippen LogP contribution in [0.2, 0.25) is 0 Å². The van der Waals surface area contributed by atoms with Gasteiger partial charge in [0, 0.05) is 11.1 Å². The van der Waals surface area contributed by atoms with Gasteiger partial charge in [-0.25, -0.2) is 4.98 Å². The quantitative estimate of drug-likeness (QED) is 0.900. The van der Waals surface area contributed by atoms with Crippen LogP contribution in [-0.4, -0.2) is 4.98 Å². The molecule has 0 unspecified atom stereocenters. The fourth-order valence-corrected chi connectivity index (χ4v) is 2.43. The van der Waals surface area contributed by atoms with Crippen molar-refractivity contribution >= 4 is 17.2 Å². The van der Waals surface area contributed by atoms with E-state index in [1.165, 1.54) is 10.4 Å². The van der Waals surface area contributed by atoms with Crippen LogP contribution in [0.5, 0.6) is 0 Å². The van der Waals surface area contributed by atoms with E-state index in [1.54, 1.807) is 17.5 Å². The number of nitrogens with one attached hydrogen (secondary N) is 1. The van der Waals surface area contributed by atoms with Crippen LogP contribution in [0, 0.1) is 25.2 Å². The molecule has 0 fully saturated rings. The van der Waals surface area contributed by atoms with Gasteiger partial charge in [-0.3, -0.25) is 0 Å². The van der Waals surface area contributed by atoms with Crippen LogP contribution in [0.15, 0.2) is 23.7 Å². The van der Waals surface area contributed by atoms with Gasteiger partial charge in [0.1, 0.15) is 11.9 Å². The lowest BCUT2D eigenvalue weighted by molar-refractivity contribution is 1.11. The van der Waals surface area contributed by atoms with Crippen LogP contribution >= 0.6 is 11.3 Å². The average molecular weight is 243 g/mol. The van der Waals surface area contributed by atoms with Crippen molar-refractivity contribution in [3.63, 3.8) is 0 Å². The van der Waals surface area contributed by atoms with Crippen LogP contribution in [-0.2, 0) is 6.54 Å². The molecular weight excluding hydrogens is 230 g/mol. The van der Waals surface area contributed by atoms with Gasteiger partial charge < -0.3 is 5.32 Å². The topological polar surface area (TPSA) is 48.7 Å². The summed E-state index contributed by atoms with van der Waals surface area (Å²) in [5.74, 6) is 0.667. The Balaban J connectivity index is 2.18. The lowest BCUT2D eigenvalue weighted by Crippen LogP contribution is -2.03. The molecule has 17 heavy (non-hydrogen) atoms. The summed E-state index contributed by atoms with van der Waals surface area (Å²) in [6, 6.07) is 6.13. The minimum absolute atomic E-state index is 0.627. The highest BCUT2D eigenvalue weighted by Gasteiger charge is 2.07. The van der Waals surface area contributed by atoms with Crippen molar-refractivity contribution in [2.75, 3.05) is 5.32 Å². The van der Waals surface area contributed by atoms with E-state index in [-0.39, 0.29) is 0 Å². The predicted octanol–water partition coefficient (Wildman–Crippen LogP) is 3.24. The maximum absolute atomic E-state index is 9.08. The highest BCUT2D eigenvalue weighted by atomic mass is 32.1. The molecule has 0 saturated carbocycles. The number of pyridine rings is 1. The average Bonchev–Trinajstić information content (AvgIpc) is 2.72. The van der Waals surface area contributed by atoms with Crippen LogP contribution in [0.25, 0.3) is 0 Å². The highest BCUT2D eigenvalue weighted by molar-refractivity contribution is 7.10. The third-order valence-corrected chi connectivity index (χ3v) is 3.68. The van der Waals surface area contributed by atoms with Crippen LogP contribution in [0.1, 0.15) is 21.6 Å². The van der Waals surface area contributed by atoms with Crippen molar-refractivity contribution in [1.29, 1.82) is 5.26 Å². The Labute approximate surface area is 105 Å². The van der Waals surface area contributed by atoms with E-state index in [2.05, 4.69) is 34.7 Å². The molecule has 2 heterocycles. The Hall–Kier alpha value is -1.86. The van der Waals surface area contributed by atoms with Crippen molar-refractivity contribution in [2.24, 2.45) is 0 Å². The standard InChI is InChI=1S/C13H13N3S/c1-9-3-5-15-13(11(9)7-14)16-8-12-10(2)4-6-17-12/h3-6H,8H2,1-2H3,(H,15,16). The second-order valence-corrected chi connectivity index (χ2v) is 4.84. The third-order valence-electron chi connectivity index (χ3n) is 2.66. The molecule has 0 aliphatic rings. The molecule has 2 aromatic rings. The molecule has 0 spiro atoms. The number of nitriles is 1. The van der Waals surface area contributed by atoms with E-state index in [0.29, 0.717) is 17.9 Å². The summed E-state index contributed by atoms with van der Waals surface area (Å²) >= 11 is 1.71. The van der Waals surface area contributed by atoms with E-state index < -0.39 is 0 Å². The molecule has 86 valence electrons. The number of rotatable bonds is 3. The molecule has 0 amide bonds. The molecular formula is C13H13N3S. The van der Waals surface area contributed by atoms with Crippen molar-refractivity contribution in [1.82, 2.24) is 4.98 Å². The summed E-state index contributed by atoms with van der Waals surface area (Å²) in [6.45, 7) is 4.72. The van der Waals surface area contributed by atoms with E-state index in [9.17, 15) is 0 Å². The number of hydrogen-bond acceptors (Lipinski definition) is 4. The molecule has 2 rings (SSSR count). The Morgan fingerprint density at radius 1 is 1.35 bits per heavy atom. The van der Waals surface area contributed by atoms with Crippen molar-refractivity contribution in [3.05, 3.63) is 45.3 Å². The molecule has 0 radical (unpaired) electrons. The largest absolute Gasteiger partial charge is 0.364 e. The number of anilines is 1. The maximum atomic E-state index is 9.08. The minimum Gasteiger partial charge on any atom is -0.364 e. The second-order valence-electron chi connectivity index (χ2n) is 3.84. The highest BCUT2D eigenvalue weighted by Crippen LogP contribution is 2.19. The Morgan fingerprint density at radius 3 is 2.82 bits per heavy atom. The van der Waals surface area contributed by atoms with E-state index >= 15 is 0 Å². The van der Waals surface area contributed by atoms with Gasteiger partial charge in [-0.1, -0.05) is 0 Å². The van der Waals surface area contributed by atoms with Crippen molar-refractivity contribution < 1.29 is 0 Å². The molecule has 3 nitrogen and oxygen atoms in total. The van der Waals surface area contributed by atoms with Gasteiger partial charge in [-0.2, -0.15) is 5.26 Å². The van der Waals surface area contributed by atoms with E-state index in [0.717, 1.165) is 5.56 Å². The number of aromatic nitrogens is 1. The molecule has 0 bridgehead atoms. The number of hydrogen-bond donors (Lipinski definition) is 1. The zero-order valence-corrected chi connectivity index (χ0v) is 10.6. The lowest BCUT2D eigenvalue weighted by atomic mass is 10.1. The van der Waals surface area contributed by atoms with Crippen molar-refractivity contribution in [3.8, 4) is 6.07 Å². The number of nitrogens with zero attached hydrogens (tertiary/aromatic N) is 2. The molecule has 0 saturated heterocycles. The maximum Gasteiger partial charge on any atom is 0.144 e. The second kappa shape index (κ2) is 4.98. The summed E-state index contributed by atoms with van der Waals surface area (Å²) in [4.78, 5) is 5.49. The minimum atomic E-state index is 0.627. The van der Waals surface area contributed by atoms with Gasteiger partial charge in [0.25, 0.3) is 0 Å². The lowest BCUT2D eigenvalue weighted by Gasteiger charge is -2.08. The first-order valence-corrected chi connectivity index (χ1v) is 6.23. The van der Waals surface area contributed by atoms with Crippen LogP contribution in [0.3, 0.4) is 0 Å². The summed E-state index contributed by atoms with van der Waals surface area (Å²) in [6.07, 6.45) is 1.72.